The van der Waals surface area contributed by atoms with Crippen molar-refractivity contribution in [1.29, 1.82) is 0 Å². The lowest BCUT2D eigenvalue weighted by molar-refractivity contribution is -0.117. The molecule has 25 heavy (non-hydrogen) atoms. The molecule has 0 bridgehead atoms. The minimum Gasteiger partial charge on any atom is -0.368 e. The third-order valence-electron chi connectivity index (χ3n) is 3.45. The molecule has 6 nitrogen and oxygen atoms in total. The molecule has 0 saturated heterocycles. The van der Waals surface area contributed by atoms with Crippen molar-refractivity contribution in [3.63, 3.8) is 0 Å². The first-order valence-corrected chi connectivity index (χ1v) is 8.58. The van der Waals surface area contributed by atoms with Gasteiger partial charge in [0.2, 0.25) is 11.9 Å². The Morgan fingerprint density at radius 3 is 2.08 bits per heavy atom. The van der Waals surface area contributed by atoms with Crippen LogP contribution in [0.1, 0.15) is 6.92 Å². The number of aromatic nitrogens is 3. The van der Waals surface area contributed by atoms with E-state index in [0.717, 1.165) is 11.4 Å². The minimum atomic E-state index is -0.401. The maximum Gasteiger partial charge on any atom is 0.244 e. The zero-order chi connectivity index (χ0) is 17.6. The van der Waals surface area contributed by atoms with Crippen LogP contribution in [0.15, 0.2) is 72.1 Å². The van der Waals surface area contributed by atoms with Crippen LogP contribution in [0, 0.1) is 0 Å². The molecule has 1 atom stereocenters. The Kier molecular flexibility index (Phi) is 5.25. The Labute approximate surface area is 150 Å². The van der Waals surface area contributed by atoms with Gasteiger partial charge in [-0.25, -0.2) is 9.97 Å². The number of nitrogens with two attached hydrogens (primary N) is 1. The predicted octanol–water partition coefficient (Wildman–Crippen LogP) is 3.30. The number of carbonyl (C=O) groups excluding carboxylic acids is 1. The molecule has 1 amide bonds. The minimum absolute atomic E-state index is 0.0682. The Bertz CT molecular complexity index is 805. The molecule has 1 heterocycles. The Morgan fingerprint density at radius 2 is 1.56 bits per heavy atom. The largest absolute Gasteiger partial charge is 0.368 e. The van der Waals surface area contributed by atoms with Gasteiger partial charge in [0.05, 0.1) is 5.25 Å². The first kappa shape index (κ1) is 16.9. The van der Waals surface area contributed by atoms with Gasteiger partial charge < -0.3 is 5.73 Å². The molecule has 1 unspecified atom stereocenters. The topological polar surface area (TPSA) is 85.0 Å². The van der Waals surface area contributed by atoms with E-state index in [1.807, 2.05) is 67.6 Å². The van der Waals surface area contributed by atoms with E-state index in [2.05, 4.69) is 15.0 Å². The molecule has 2 aromatic carbocycles. The van der Waals surface area contributed by atoms with Gasteiger partial charge in [0.25, 0.3) is 0 Å². The lowest BCUT2D eigenvalue weighted by atomic mass is 10.2. The van der Waals surface area contributed by atoms with Crippen LogP contribution in [0.4, 0.5) is 17.3 Å². The summed E-state index contributed by atoms with van der Waals surface area (Å²) < 4.78 is 0. The second-order valence-corrected chi connectivity index (χ2v) is 6.54. The number of amides is 1. The van der Waals surface area contributed by atoms with E-state index in [1.54, 1.807) is 4.90 Å². The van der Waals surface area contributed by atoms with Crippen LogP contribution in [-0.2, 0) is 4.79 Å². The monoisotopic (exact) mass is 351 g/mol. The van der Waals surface area contributed by atoms with Crippen LogP contribution in [0.2, 0.25) is 0 Å². The van der Waals surface area contributed by atoms with Crippen LogP contribution in [0.3, 0.4) is 0 Å². The fourth-order valence-electron chi connectivity index (χ4n) is 2.30. The molecular weight excluding hydrogens is 334 g/mol. The normalized spacial score (nSPS) is 11.7. The van der Waals surface area contributed by atoms with Gasteiger partial charge in [0.15, 0.2) is 5.16 Å². The molecular formula is C18H17N5OS. The Morgan fingerprint density at radius 1 is 1.00 bits per heavy atom. The van der Waals surface area contributed by atoms with Gasteiger partial charge >= 0.3 is 0 Å². The van der Waals surface area contributed by atoms with E-state index in [0.29, 0.717) is 5.16 Å². The molecule has 0 spiro atoms. The lowest BCUT2D eigenvalue weighted by Gasteiger charge is -2.25. The molecule has 0 saturated carbocycles. The number of nitrogens with zero attached hydrogens (tertiary/aromatic N) is 4. The summed E-state index contributed by atoms with van der Waals surface area (Å²) in [6.07, 6.45) is 1.34. The average molecular weight is 351 g/mol. The van der Waals surface area contributed by atoms with Crippen LogP contribution in [0.5, 0.6) is 0 Å². The van der Waals surface area contributed by atoms with Crippen molar-refractivity contribution in [2.75, 3.05) is 10.6 Å². The van der Waals surface area contributed by atoms with Crippen molar-refractivity contribution >= 4 is 35.0 Å². The van der Waals surface area contributed by atoms with E-state index < -0.39 is 5.25 Å². The number of nitrogen functional groups attached to an aromatic ring is 1. The predicted molar refractivity (Wildman–Crippen MR) is 99.6 cm³/mol. The second-order valence-electron chi connectivity index (χ2n) is 5.23. The molecule has 7 heteroatoms. The number of rotatable bonds is 5. The Hall–Kier alpha value is -2.93. The molecule has 2 N–H and O–H groups in total. The second kappa shape index (κ2) is 7.76. The summed E-state index contributed by atoms with van der Waals surface area (Å²) in [6.45, 7) is 1.83. The van der Waals surface area contributed by atoms with Gasteiger partial charge in [-0.1, -0.05) is 48.2 Å². The molecule has 0 radical (unpaired) electrons. The van der Waals surface area contributed by atoms with Crippen molar-refractivity contribution in [3.05, 3.63) is 67.0 Å². The quantitative estimate of drug-likeness (QED) is 0.710. The maximum absolute atomic E-state index is 13.1. The smallest absolute Gasteiger partial charge is 0.244 e. The molecule has 126 valence electrons. The molecule has 0 aliphatic rings. The molecule has 1 aromatic heterocycles. The third-order valence-corrected chi connectivity index (χ3v) is 4.41. The summed E-state index contributed by atoms with van der Waals surface area (Å²) in [5.41, 5.74) is 7.19. The van der Waals surface area contributed by atoms with Gasteiger partial charge in [-0.05, 0) is 31.2 Å². The van der Waals surface area contributed by atoms with Gasteiger partial charge in [-0.2, -0.15) is 4.98 Å². The van der Waals surface area contributed by atoms with Crippen LogP contribution < -0.4 is 10.6 Å². The molecule has 3 aromatic rings. The van der Waals surface area contributed by atoms with Crippen molar-refractivity contribution in [2.24, 2.45) is 0 Å². The van der Waals surface area contributed by atoms with Crippen molar-refractivity contribution in [2.45, 2.75) is 17.3 Å². The molecule has 0 aliphatic carbocycles. The van der Waals surface area contributed by atoms with Crippen molar-refractivity contribution in [3.8, 4) is 0 Å². The van der Waals surface area contributed by atoms with E-state index in [1.165, 1.54) is 18.1 Å². The lowest BCUT2D eigenvalue weighted by Crippen LogP contribution is -2.32. The molecule has 3 rings (SSSR count). The highest BCUT2D eigenvalue weighted by molar-refractivity contribution is 8.00. The number of hydrogen-bond acceptors (Lipinski definition) is 6. The number of thioether (sulfide) groups is 1. The van der Waals surface area contributed by atoms with Crippen molar-refractivity contribution in [1.82, 2.24) is 15.0 Å². The fraction of sp³-hybridized carbons (Fsp3) is 0.111. The van der Waals surface area contributed by atoms with Gasteiger partial charge in [-0.3, -0.25) is 9.69 Å². The van der Waals surface area contributed by atoms with Gasteiger partial charge in [0.1, 0.15) is 6.33 Å². The van der Waals surface area contributed by atoms with Crippen molar-refractivity contribution < 1.29 is 4.79 Å². The van der Waals surface area contributed by atoms with E-state index in [9.17, 15) is 4.79 Å². The standard InChI is InChI=1S/C18H17N5OS/c1-13(25-18-21-12-20-17(19)22-18)16(24)23(14-8-4-2-5-9-14)15-10-6-3-7-11-15/h2-13H,1H3,(H2,19,20,21,22). The SMILES string of the molecule is CC(Sc1ncnc(N)n1)C(=O)N(c1ccccc1)c1ccccc1. The number of carbonyl (C=O) groups is 1. The third kappa shape index (κ3) is 4.13. The zero-order valence-corrected chi connectivity index (χ0v) is 14.4. The number of anilines is 3. The summed E-state index contributed by atoms with van der Waals surface area (Å²) in [6, 6.07) is 19.1. The van der Waals surface area contributed by atoms with Gasteiger partial charge in [0, 0.05) is 11.4 Å². The maximum atomic E-state index is 13.1. The molecule has 0 fully saturated rings. The molecule has 0 aliphatic heterocycles. The fourth-order valence-corrected chi connectivity index (χ4v) is 3.07. The van der Waals surface area contributed by atoms with E-state index >= 15 is 0 Å². The highest BCUT2D eigenvalue weighted by atomic mass is 32.2. The number of benzene rings is 2. The summed E-state index contributed by atoms with van der Waals surface area (Å²) >= 11 is 1.25. The van der Waals surface area contributed by atoms with E-state index in [4.69, 9.17) is 5.73 Å². The Balaban J connectivity index is 1.89. The first-order chi connectivity index (χ1) is 12.1. The summed E-state index contributed by atoms with van der Waals surface area (Å²) in [5, 5.41) is 0.0247. The first-order valence-electron chi connectivity index (χ1n) is 7.70. The average Bonchev–Trinajstić information content (AvgIpc) is 2.63. The highest BCUT2D eigenvalue weighted by Gasteiger charge is 2.25. The number of para-hydroxylation sites is 2. The summed E-state index contributed by atoms with van der Waals surface area (Å²) in [7, 11) is 0. The van der Waals surface area contributed by atoms with Crippen LogP contribution >= 0.6 is 11.8 Å². The van der Waals surface area contributed by atoms with Gasteiger partial charge in [-0.15, -0.1) is 0 Å². The van der Waals surface area contributed by atoms with Crippen LogP contribution in [0.25, 0.3) is 0 Å². The van der Waals surface area contributed by atoms with Crippen LogP contribution in [-0.4, -0.2) is 26.1 Å². The summed E-state index contributed by atoms with van der Waals surface area (Å²) in [5.74, 6) is 0.0708. The summed E-state index contributed by atoms with van der Waals surface area (Å²) in [4.78, 5) is 26.7. The number of hydrogen-bond donors (Lipinski definition) is 1. The highest BCUT2D eigenvalue weighted by Crippen LogP contribution is 2.29. The zero-order valence-electron chi connectivity index (χ0n) is 13.6. The van der Waals surface area contributed by atoms with E-state index in [-0.39, 0.29) is 11.9 Å².